The summed E-state index contributed by atoms with van der Waals surface area (Å²) in [5.74, 6) is 0.0657. The van der Waals surface area contributed by atoms with Crippen LogP contribution in [0.1, 0.15) is 37.4 Å². The van der Waals surface area contributed by atoms with Gasteiger partial charge in [-0.25, -0.2) is 4.39 Å². The van der Waals surface area contributed by atoms with Crippen LogP contribution in [0.25, 0.3) is 0 Å². The minimum atomic E-state index is -0.456. The van der Waals surface area contributed by atoms with Gasteiger partial charge in [-0.05, 0) is 36.5 Å². The molecule has 0 spiro atoms. The lowest BCUT2D eigenvalue weighted by atomic mass is 9.94. The van der Waals surface area contributed by atoms with Crippen LogP contribution in [0, 0.1) is 11.7 Å². The van der Waals surface area contributed by atoms with Gasteiger partial charge in [-0.1, -0.05) is 34.8 Å². The van der Waals surface area contributed by atoms with Crippen molar-refractivity contribution in [1.29, 1.82) is 0 Å². The van der Waals surface area contributed by atoms with Gasteiger partial charge in [0.25, 0.3) is 0 Å². The molecule has 82 valence electrons. The third kappa shape index (κ3) is 2.40. The van der Waals surface area contributed by atoms with Crippen molar-refractivity contribution in [2.45, 2.75) is 31.8 Å². The van der Waals surface area contributed by atoms with Gasteiger partial charge in [-0.2, -0.15) is 0 Å². The smallest absolute Gasteiger partial charge is 0.124 e. The Hall–Kier alpha value is -0.410. The predicted octanol–water partition coefficient (Wildman–Crippen LogP) is 3.81. The van der Waals surface area contributed by atoms with Crippen molar-refractivity contribution < 1.29 is 9.50 Å². The van der Waals surface area contributed by atoms with E-state index in [4.69, 9.17) is 0 Å². The topological polar surface area (TPSA) is 20.2 Å². The number of benzene rings is 1. The number of aliphatic hydroxyl groups is 1. The van der Waals surface area contributed by atoms with Crippen LogP contribution >= 0.6 is 15.9 Å². The van der Waals surface area contributed by atoms with Crippen LogP contribution in [0.4, 0.5) is 4.39 Å². The van der Waals surface area contributed by atoms with E-state index in [1.165, 1.54) is 25.0 Å². The summed E-state index contributed by atoms with van der Waals surface area (Å²) in [5.41, 5.74) is 0.809. The molecule has 1 nitrogen and oxygen atoms in total. The minimum absolute atomic E-state index is 0.274. The Morgan fingerprint density at radius 1 is 1.33 bits per heavy atom. The van der Waals surface area contributed by atoms with E-state index >= 15 is 0 Å². The maximum Gasteiger partial charge on any atom is 0.124 e. The van der Waals surface area contributed by atoms with E-state index in [0.29, 0.717) is 10.4 Å². The summed E-state index contributed by atoms with van der Waals surface area (Å²) in [7, 11) is 0. The standard InChI is InChI=1S/C12H14BrFO/c13-11-7-9(14)5-6-10(11)12(15)8-3-1-2-4-8/h5-8,12,15H,1-4H2/t12-/m0/s1. The number of halogens is 2. The van der Waals surface area contributed by atoms with Gasteiger partial charge in [0.2, 0.25) is 0 Å². The molecule has 1 saturated carbocycles. The second-order valence-electron chi connectivity index (χ2n) is 4.16. The van der Waals surface area contributed by atoms with Gasteiger partial charge in [-0.15, -0.1) is 0 Å². The molecule has 1 fully saturated rings. The Morgan fingerprint density at radius 2 is 2.00 bits per heavy atom. The number of hydrogen-bond acceptors (Lipinski definition) is 1. The van der Waals surface area contributed by atoms with E-state index in [-0.39, 0.29) is 5.82 Å². The van der Waals surface area contributed by atoms with Crippen molar-refractivity contribution in [3.63, 3.8) is 0 Å². The summed E-state index contributed by atoms with van der Waals surface area (Å²) in [5, 5.41) is 10.1. The van der Waals surface area contributed by atoms with E-state index in [1.54, 1.807) is 6.07 Å². The van der Waals surface area contributed by atoms with Crippen LogP contribution in [0.15, 0.2) is 22.7 Å². The van der Waals surface area contributed by atoms with Crippen LogP contribution in [-0.4, -0.2) is 5.11 Å². The molecule has 0 aromatic heterocycles. The van der Waals surface area contributed by atoms with Gasteiger partial charge in [0, 0.05) is 4.47 Å². The molecule has 15 heavy (non-hydrogen) atoms. The normalized spacial score (nSPS) is 19.4. The van der Waals surface area contributed by atoms with Gasteiger partial charge >= 0.3 is 0 Å². The average Bonchev–Trinajstić information content (AvgIpc) is 2.69. The summed E-state index contributed by atoms with van der Waals surface area (Å²) in [4.78, 5) is 0. The Balaban J connectivity index is 2.20. The fourth-order valence-electron chi connectivity index (χ4n) is 2.27. The third-order valence-electron chi connectivity index (χ3n) is 3.13. The molecule has 1 N–H and O–H groups in total. The average molecular weight is 273 g/mol. The van der Waals surface area contributed by atoms with Crippen LogP contribution in [0.3, 0.4) is 0 Å². The van der Waals surface area contributed by atoms with E-state index in [2.05, 4.69) is 15.9 Å². The molecule has 1 aliphatic rings. The zero-order chi connectivity index (χ0) is 10.8. The summed E-state index contributed by atoms with van der Waals surface area (Å²) in [6.07, 6.45) is 4.08. The molecule has 0 radical (unpaired) electrons. The second-order valence-corrected chi connectivity index (χ2v) is 5.01. The Bertz CT molecular complexity index is 347. The Morgan fingerprint density at radius 3 is 2.60 bits per heavy atom. The number of aliphatic hydroxyl groups excluding tert-OH is 1. The first kappa shape index (κ1) is 11.1. The molecule has 1 aromatic carbocycles. The van der Waals surface area contributed by atoms with E-state index < -0.39 is 6.10 Å². The van der Waals surface area contributed by atoms with E-state index in [9.17, 15) is 9.50 Å². The maximum atomic E-state index is 12.9. The third-order valence-corrected chi connectivity index (χ3v) is 3.81. The van der Waals surface area contributed by atoms with Crippen molar-refractivity contribution in [3.05, 3.63) is 34.1 Å². The fourth-order valence-corrected chi connectivity index (χ4v) is 2.85. The van der Waals surface area contributed by atoms with Gasteiger partial charge in [-0.3, -0.25) is 0 Å². The van der Waals surface area contributed by atoms with Crippen molar-refractivity contribution in [2.75, 3.05) is 0 Å². The molecule has 0 saturated heterocycles. The number of rotatable bonds is 2. The molecular weight excluding hydrogens is 259 g/mol. The lowest BCUT2D eigenvalue weighted by Crippen LogP contribution is -2.09. The van der Waals surface area contributed by atoms with Crippen molar-refractivity contribution in [3.8, 4) is 0 Å². The summed E-state index contributed by atoms with van der Waals surface area (Å²) >= 11 is 3.29. The van der Waals surface area contributed by atoms with Crippen molar-refractivity contribution in [1.82, 2.24) is 0 Å². The molecule has 0 amide bonds. The predicted molar refractivity (Wildman–Crippen MR) is 61.0 cm³/mol. The Labute approximate surface area is 97.4 Å². The number of hydrogen-bond donors (Lipinski definition) is 1. The van der Waals surface area contributed by atoms with Crippen LogP contribution in [0.5, 0.6) is 0 Å². The SMILES string of the molecule is O[C@H](c1ccc(F)cc1Br)C1CCCC1. The fraction of sp³-hybridized carbons (Fsp3) is 0.500. The molecule has 1 aromatic rings. The van der Waals surface area contributed by atoms with Gasteiger partial charge in [0.05, 0.1) is 6.10 Å². The molecule has 2 rings (SSSR count). The largest absolute Gasteiger partial charge is 0.388 e. The van der Waals surface area contributed by atoms with Gasteiger partial charge < -0.3 is 5.11 Å². The molecule has 0 unspecified atom stereocenters. The molecule has 0 aliphatic heterocycles. The Kier molecular flexibility index (Phi) is 3.42. The van der Waals surface area contributed by atoms with Gasteiger partial charge in [0.1, 0.15) is 5.82 Å². The van der Waals surface area contributed by atoms with Crippen LogP contribution < -0.4 is 0 Å². The molecular formula is C12H14BrFO. The molecule has 1 atom stereocenters. The summed E-state index contributed by atoms with van der Waals surface area (Å²) < 4.78 is 13.5. The first-order valence-electron chi connectivity index (χ1n) is 5.31. The quantitative estimate of drug-likeness (QED) is 0.868. The summed E-state index contributed by atoms with van der Waals surface area (Å²) in [6.45, 7) is 0. The van der Waals surface area contributed by atoms with Crippen LogP contribution in [-0.2, 0) is 0 Å². The first-order valence-corrected chi connectivity index (χ1v) is 6.11. The van der Waals surface area contributed by atoms with E-state index in [0.717, 1.165) is 18.4 Å². The monoisotopic (exact) mass is 272 g/mol. The minimum Gasteiger partial charge on any atom is -0.388 e. The second kappa shape index (κ2) is 4.62. The zero-order valence-corrected chi connectivity index (χ0v) is 10.0. The summed E-state index contributed by atoms with van der Waals surface area (Å²) in [6, 6.07) is 4.48. The highest BCUT2D eigenvalue weighted by molar-refractivity contribution is 9.10. The molecule has 0 bridgehead atoms. The van der Waals surface area contributed by atoms with E-state index in [1.807, 2.05) is 0 Å². The lowest BCUT2D eigenvalue weighted by molar-refractivity contribution is 0.111. The highest BCUT2D eigenvalue weighted by Crippen LogP contribution is 2.38. The molecule has 3 heteroatoms. The highest BCUT2D eigenvalue weighted by Gasteiger charge is 2.25. The maximum absolute atomic E-state index is 12.9. The van der Waals surface area contributed by atoms with Crippen molar-refractivity contribution >= 4 is 15.9 Å². The van der Waals surface area contributed by atoms with Gasteiger partial charge in [0.15, 0.2) is 0 Å². The van der Waals surface area contributed by atoms with Crippen LogP contribution in [0.2, 0.25) is 0 Å². The first-order chi connectivity index (χ1) is 7.18. The molecule has 1 aliphatic carbocycles. The molecule has 0 heterocycles. The lowest BCUT2D eigenvalue weighted by Gasteiger charge is -2.19. The zero-order valence-electron chi connectivity index (χ0n) is 8.42. The highest BCUT2D eigenvalue weighted by atomic mass is 79.9. The van der Waals surface area contributed by atoms with Crippen molar-refractivity contribution in [2.24, 2.45) is 5.92 Å².